The molecular formula is C11H21N3O. The number of hydrogen-bond donors (Lipinski definition) is 0. The third-order valence-corrected chi connectivity index (χ3v) is 3.05. The maximum absolute atomic E-state index is 9.03. The number of rotatable bonds is 4. The van der Waals surface area contributed by atoms with Crippen molar-refractivity contribution in [1.29, 1.82) is 5.26 Å². The Morgan fingerprint density at radius 3 is 2.33 bits per heavy atom. The first-order valence-electron chi connectivity index (χ1n) is 5.48. The molecule has 1 heterocycles. The molecule has 0 spiro atoms. The Balaban J connectivity index is 2.33. The molecule has 4 heteroatoms. The van der Waals surface area contributed by atoms with Gasteiger partial charge in [-0.05, 0) is 13.8 Å². The molecule has 15 heavy (non-hydrogen) atoms. The van der Waals surface area contributed by atoms with Crippen molar-refractivity contribution < 1.29 is 4.74 Å². The Bertz CT molecular complexity index is 226. The molecule has 1 rings (SSSR count). The summed E-state index contributed by atoms with van der Waals surface area (Å²) < 4.78 is 5.05. The lowest BCUT2D eigenvalue weighted by atomic mass is 10.0. The lowest BCUT2D eigenvalue weighted by molar-refractivity contribution is 0.0631. The van der Waals surface area contributed by atoms with Gasteiger partial charge in [0.15, 0.2) is 0 Å². The fourth-order valence-electron chi connectivity index (χ4n) is 1.82. The van der Waals surface area contributed by atoms with E-state index in [1.807, 2.05) is 13.8 Å². The van der Waals surface area contributed by atoms with E-state index in [1.54, 1.807) is 7.11 Å². The number of ether oxygens (including phenoxy) is 1. The van der Waals surface area contributed by atoms with Crippen molar-refractivity contribution in [2.24, 2.45) is 0 Å². The lowest BCUT2D eigenvalue weighted by Crippen LogP contribution is -2.54. The predicted octanol–water partition coefficient (Wildman–Crippen LogP) is 0.553. The summed E-state index contributed by atoms with van der Waals surface area (Å²) in [6, 6.07) is 2.35. The van der Waals surface area contributed by atoms with E-state index in [9.17, 15) is 0 Å². The van der Waals surface area contributed by atoms with Crippen LogP contribution in [0.15, 0.2) is 0 Å². The van der Waals surface area contributed by atoms with E-state index in [-0.39, 0.29) is 5.54 Å². The largest absolute Gasteiger partial charge is 0.383 e. The van der Waals surface area contributed by atoms with Crippen molar-refractivity contribution >= 4 is 0 Å². The molecule has 0 atom stereocenters. The molecule has 0 aromatic heterocycles. The van der Waals surface area contributed by atoms with Gasteiger partial charge in [-0.2, -0.15) is 5.26 Å². The second-order valence-electron chi connectivity index (χ2n) is 4.49. The average Bonchev–Trinajstić information content (AvgIpc) is 2.27. The molecule has 1 saturated heterocycles. The van der Waals surface area contributed by atoms with Gasteiger partial charge in [0.25, 0.3) is 0 Å². The molecule has 1 aliphatic rings. The summed E-state index contributed by atoms with van der Waals surface area (Å²) in [6.07, 6.45) is 0. The van der Waals surface area contributed by atoms with Crippen molar-refractivity contribution in [2.45, 2.75) is 19.4 Å². The maximum Gasteiger partial charge on any atom is 0.103 e. The summed E-state index contributed by atoms with van der Waals surface area (Å²) in [5.74, 6) is 0. The molecule has 0 aliphatic carbocycles. The van der Waals surface area contributed by atoms with E-state index in [0.717, 1.165) is 39.3 Å². The highest BCUT2D eigenvalue weighted by Gasteiger charge is 2.29. The third-order valence-electron chi connectivity index (χ3n) is 3.05. The number of nitrogens with zero attached hydrogens (tertiary/aromatic N) is 3. The zero-order valence-electron chi connectivity index (χ0n) is 9.99. The van der Waals surface area contributed by atoms with Crippen LogP contribution in [0.2, 0.25) is 0 Å². The van der Waals surface area contributed by atoms with Gasteiger partial charge in [0.2, 0.25) is 0 Å². The lowest BCUT2D eigenvalue weighted by Gasteiger charge is -2.40. The van der Waals surface area contributed by atoms with E-state index in [1.165, 1.54) is 0 Å². The van der Waals surface area contributed by atoms with E-state index >= 15 is 0 Å². The molecule has 0 amide bonds. The van der Waals surface area contributed by atoms with E-state index in [0.29, 0.717) is 0 Å². The Morgan fingerprint density at radius 2 is 1.87 bits per heavy atom. The Labute approximate surface area is 92.4 Å². The van der Waals surface area contributed by atoms with Gasteiger partial charge in [-0.15, -0.1) is 0 Å². The fourth-order valence-corrected chi connectivity index (χ4v) is 1.82. The summed E-state index contributed by atoms with van der Waals surface area (Å²) in [7, 11) is 1.73. The van der Waals surface area contributed by atoms with Crippen LogP contribution in [0.5, 0.6) is 0 Å². The minimum Gasteiger partial charge on any atom is -0.383 e. The van der Waals surface area contributed by atoms with Crippen molar-refractivity contribution in [2.75, 3.05) is 46.4 Å². The molecule has 1 aliphatic heterocycles. The summed E-state index contributed by atoms with van der Waals surface area (Å²) >= 11 is 0. The minimum absolute atomic E-state index is 0.326. The Hall–Kier alpha value is -0.630. The molecule has 0 radical (unpaired) electrons. The molecule has 0 aromatic rings. The molecule has 1 fully saturated rings. The van der Waals surface area contributed by atoms with Crippen molar-refractivity contribution in [3.63, 3.8) is 0 Å². The SMILES string of the molecule is COCCN1CCN(C(C)(C)C#N)CC1. The standard InChI is InChI=1S/C11H21N3O/c1-11(2,10-12)14-6-4-13(5-7-14)8-9-15-3/h4-9H2,1-3H3. The van der Waals surface area contributed by atoms with Gasteiger partial charge < -0.3 is 4.74 Å². The molecule has 86 valence electrons. The van der Waals surface area contributed by atoms with E-state index < -0.39 is 0 Å². The molecule has 0 unspecified atom stereocenters. The predicted molar refractivity (Wildman–Crippen MR) is 59.6 cm³/mol. The Kier molecular flexibility index (Phi) is 4.52. The van der Waals surface area contributed by atoms with Gasteiger partial charge in [0.05, 0.1) is 12.7 Å². The fraction of sp³-hybridized carbons (Fsp3) is 0.909. The molecule has 0 aromatic carbocycles. The van der Waals surface area contributed by atoms with Crippen LogP contribution in [0.4, 0.5) is 0 Å². The minimum atomic E-state index is -0.326. The topological polar surface area (TPSA) is 39.5 Å². The first-order chi connectivity index (χ1) is 7.10. The van der Waals surface area contributed by atoms with Crippen LogP contribution in [0, 0.1) is 11.3 Å². The van der Waals surface area contributed by atoms with Gasteiger partial charge in [-0.3, -0.25) is 9.80 Å². The molecular weight excluding hydrogens is 190 g/mol. The summed E-state index contributed by atoms with van der Waals surface area (Å²) in [5.41, 5.74) is -0.326. The summed E-state index contributed by atoms with van der Waals surface area (Å²) in [4.78, 5) is 4.63. The van der Waals surface area contributed by atoms with Crippen molar-refractivity contribution in [3.8, 4) is 6.07 Å². The first-order valence-corrected chi connectivity index (χ1v) is 5.48. The smallest absolute Gasteiger partial charge is 0.103 e. The number of piperazine rings is 1. The number of hydrogen-bond acceptors (Lipinski definition) is 4. The van der Waals surface area contributed by atoms with Crippen LogP contribution in [0.3, 0.4) is 0 Å². The highest BCUT2D eigenvalue weighted by molar-refractivity contribution is 5.02. The van der Waals surface area contributed by atoms with Gasteiger partial charge >= 0.3 is 0 Å². The highest BCUT2D eigenvalue weighted by Crippen LogP contribution is 2.15. The van der Waals surface area contributed by atoms with Crippen LogP contribution >= 0.6 is 0 Å². The Morgan fingerprint density at radius 1 is 1.27 bits per heavy atom. The summed E-state index contributed by atoms with van der Waals surface area (Å²) in [6.45, 7) is 9.78. The number of nitriles is 1. The average molecular weight is 211 g/mol. The van der Waals surface area contributed by atoms with Crippen LogP contribution in [-0.4, -0.2) is 61.8 Å². The monoisotopic (exact) mass is 211 g/mol. The molecule has 0 bridgehead atoms. The van der Waals surface area contributed by atoms with Gasteiger partial charge in [-0.25, -0.2) is 0 Å². The number of methoxy groups -OCH3 is 1. The van der Waals surface area contributed by atoms with E-state index in [2.05, 4.69) is 15.9 Å². The van der Waals surface area contributed by atoms with E-state index in [4.69, 9.17) is 10.00 Å². The maximum atomic E-state index is 9.03. The normalized spacial score (nSPS) is 20.1. The highest BCUT2D eigenvalue weighted by atomic mass is 16.5. The second kappa shape index (κ2) is 5.45. The zero-order valence-corrected chi connectivity index (χ0v) is 9.99. The molecule has 4 nitrogen and oxygen atoms in total. The van der Waals surface area contributed by atoms with Crippen LogP contribution < -0.4 is 0 Å². The quantitative estimate of drug-likeness (QED) is 0.681. The van der Waals surface area contributed by atoms with Crippen molar-refractivity contribution in [1.82, 2.24) is 9.80 Å². The van der Waals surface area contributed by atoms with Gasteiger partial charge in [0.1, 0.15) is 5.54 Å². The van der Waals surface area contributed by atoms with Crippen LogP contribution in [-0.2, 0) is 4.74 Å². The first kappa shape index (κ1) is 12.4. The molecule has 0 saturated carbocycles. The van der Waals surface area contributed by atoms with Gasteiger partial charge in [-0.1, -0.05) is 0 Å². The molecule has 0 N–H and O–H groups in total. The van der Waals surface area contributed by atoms with Crippen molar-refractivity contribution in [3.05, 3.63) is 0 Å². The van der Waals surface area contributed by atoms with Gasteiger partial charge in [0, 0.05) is 39.8 Å². The summed E-state index contributed by atoms with van der Waals surface area (Å²) in [5, 5.41) is 9.03. The second-order valence-corrected chi connectivity index (χ2v) is 4.49. The third kappa shape index (κ3) is 3.45. The van der Waals surface area contributed by atoms with Crippen LogP contribution in [0.1, 0.15) is 13.8 Å². The zero-order chi connectivity index (χ0) is 11.3. The van der Waals surface area contributed by atoms with Crippen LogP contribution in [0.25, 0.3) is 0 Å².